The fourth-order valence-electron chi connectivity index (χ4n) is 3.27. The van der Waals surface area contributed by atoms with Crippen LogP contribution in [0.4, 0.5) is 0 Å². The van der Waals surface area contributed by atoms with Crippen LogP contribution in [0, 0.1) is 0 Å². The number of benzene rings is 2. The molecule has 0 aliphatic rings. The molecule has 4 rings (SSSR count). The van der Waals surface area contributed by atoms with Crippen LogP contribution in [0.2, 0.25) is 0 Å². The van der Waals surface area contributed by atoms with Gasteiger partial charge in [0.15, 0.2) is 5.43 Å². The fraction of sp³-hybridized carbons (Fsp3) is 0.190. The fourth-order valence-corrected chi connectivity index (χ4v) is 4.01. The van der Waals surface area contributed by atoms with Crippen molar-refractivity contribution in [1.29, 1.82) is 0 Å². The van der Waals surface area contributed by atoms with E-state index in [1.807, 2.05) is 65.7 Å². The number of aryl methyl sites for hydroxylation is 1. The average molecular weight is 349 g/mol. The monoisotopic (exact) mass is 349 g/mol. The summed E-state index contributed by atoms with van der Waals surface area (Å²) < 4.78 is 8.00. The predicted octanol–water partition coefficient (Wildman–Crippen LogP) is 5.21. The molecule has 4 heteroatoms. The summed E-state index contributed by atoms with van der Waals surface area (Å²) in [6.45, 7) is 2.71. The van der Waals surface area contributed by atoms with E-state index >= 15 is 0 Å². The molecule has 0 bridgehead atoms. The molecule has 0 aliphatic heterocycles. The molecule has 0 spiro atoms. The zero-order valence-electron chi connectivity index (χ0n) is 14.3. The molecule has 0 atom stereocenters. The summed E-state index contributed by atoms with van der Waals surface area (Å²) in [4.78, 5) is 14.3. The zero-order valence-corrected chi connectivity index (χ0v) is 15.1. The van der Waals surface area contributed by atoms with Crippen LogP contribution < -0.4 is 10.2 Å². The molecule has 0 unspecified atom stereocenters. The van der Waals surface area contributed by atoms with E-state index in [9.17, 15) is 4.79 Å². The second-order valence-electron chi connectivity index (χ2n) is 6.13. The summed E-state index contributed by atoms with van der Waals surface area (Å²) in [7, 11) is 1.98. The van der Waals surface area contributed by atoms with Crippen molar-refractivity contribution in [2.45, 2.75) is 13.3 Å². The Bertz CT molecular complexity index is 1110. The third kappa shape index (κ3) is 2.63. The molecule has 2 aromatic heterocycles. The lowest BCUT2D eigenvalue weighted by Crippen LogP contribution is -2.12. The smallest absolute Gasteiger partial charge is 0.198 e. The zero-order chi connectivity index (χ0) is 17.4. The number of nitrogens with zero attached hydrogens (tertiary/aromatic N) is 1. The van der Waals surface area contributed by atoms with Gasteiger partial charge >= 0.3 is 0 Å². The Labute approximate surface area is 150 Å². The highest BCUT2D eigenvalue weighted by atomic mass is 32.1. The van der Waals surface area contributed by atoms with Gasteiger partial charge in [0.25, 0.3) is 0 Å². The van der Waals surface area contributed by atoms with Crippen LogP contribution in [0.5, 0.6) is 5.75 Å². The predicted molar refractivity (Wildman–Crippen MR) is 106 cm³/mol. The van der Waals surface area contributed by atoms with Crippen molar-refractivity contribution in [3.05, 3.63) is 64.3 Å². The third-order valence-electron chi connectivity index (χ3n) is 4.38. The van der Waals surface area contributed by atoms with E-state index in [0.717, 1.165) is 44.3 Å². The van der Waals surface area contributed by atoms with Gasteiger partial charge in [-0.1, -0.05) is 37.3 Å². The minimum Gasteiger partial charge on any atom is -0.491 e. The highest BCUT2D eigenvalue weighted by Gasteiger charge is 2.17. The standard InChI is InChI=1S/C21H19NO2S/c1-3-10-24-17-12-14-7-4-5-8-15(14)19-20(17)22(2)13-16(21(19)23)18-9-6-11-25-18/h4-9,11-13H,3,10H2,1-2H3. The van der Waals surface area contributed by atoms with Crippen LogP contribution in [0.15, 0.2) is 58.8 Å². The number of thiophene rings is 1. The van der Waals surface area contributed by atoms with Gasteiger partial charge in [-0.2, -0.15) is 0 Å². The summed E-state index contributed by atoms with van der Waals surface area (Å²) >= 11 is 1.59. The van der Waals surface area contributed by atoms with Crippen molar-refractivity contribution in [2.24, 2.45) is 7.05 Å². The van der Waals surface area contributed by atoms with Crippen LogP contribution in [0.25, 0.3) is 32.1 Å². The van der Waals surface area contributed by atoms with Crippen molar-refractivity contribution >= 4 is 33.0 Å². The molecule has 126 valence electrons. The van der Waals surface area contributed by atoms with E-state index in [4.69, 9.17) is 4.74 Å². The molecule has 3 nitrogen and oxygen atoms in total. The van der Waals surface area contributed by atoms with E-state index in [0.29, 0.717) is 6.61 Å². The Morgan fingerprint density at radius 3 is 2.76 bits per heavy atom. The quantitative estimate of drug-likeness (QED) is 0.474. The molecule has 0 saturated heterocycles. The first-order valence-corrected chi connectivity index (χ1v) is 9.30. The van der Waals surface area contributed by atoms with Gasteiger partial charge in [0.2, 0.25) is 0 Å². The molecule has 0 aliphatic carbocycles. The molecule has 2 heterocycles. The molecule has 2 aromatic carbocycles. The molecule has 0 saturated carbocycles. The van der Waals surface area contributed by atoms with Gasteiger partial charge in [-0.05, 0) is 34.7 Å². The van der Waals surface area contributed by atoms with Gasteiger partial charge < -0.3 is 9.30 Å². The van der Waals surface area contributed by atoms with Gasteiger partial charge in [0.1, 0.15) is 5.75 Å². The first-order chi connectivity index (χ1) is 12.2. The SMILES string of the molecule is CCCOc1cc2ccccc2c2c(=O)c(-c3cccs3)cn(C)c12. The number of ether oxygens (including phenoxy) is 1. The van der Waals surface area contributed by atoms with Gasteiger partial charge in [-0.3, -0.25) is 4.79 Å². The van der Waals surface area contributed by atoms with Crippen LogP contribution in [-0.2, 0) is 7.05 Å². The molecule has 25 heavy (non-hydrogen) atoms. The lowest BCUT2D eigenvalue weighted by Gasteiger charge is -2.15. The van der Waals surface area contributed by atoms with E-state index in [-0.39, 0.29) is 5.43 Å². The molecule has 0 radical (unpaired) electrons. The number of rotatable bonds is 4. The van der Waals surface area contributed by atoms with Gasteiger partial charge in [-0.15, -0.1) is 11.3 Å². The maximum Gasteiger partial charge on any atom is 0.198 e. The highest BCUT2D eigenvalue weighted by Crippen LogP contribution is 2.33. The van der Waals surface area contributed by atoms with Crippen molar-refractivity contribution < 1.29 is 4.74 Å². The highest BCUT2D eigenvalue weighted by molar-refractivity contribution is 7.13. The Hall–Kier alpha value is -2.59. The number of aromatic nitrogens is 1. The van der Waals surface area contributed by atoms with Crippen LogP contribution in [0.1, 0.15) is 13.3 Å². The van der Waals surface area contributed by atoms with Gasteiger partial charge in [0, 0.05) is 18.1 Å². The molecule has 0 fully saturated rings. The lowest BCUT2D eigenvalue weighted by molar-refractivity contribution is 0.320. The summed E-state index contributed by atoms with van der Waals surface area (Å²) in [5.41, 5.74) is 1.66. The molecule has 0 amide bonds. The minimum absolute atomic E-state index is 0.0636. The number of pyridine rings is 1. The maximum atomic E-state index is 13.4. The summed E-state index contributed by atoms with van der Waals surface area (Å²) in [5.74, 6) is 0.771. The van der Waals surface area contributed by atoms with Crippen molar-refractivity contribution in [3.8, 4) is 16.2 Å². The molecule has 0 N–H and O–H groups in total. The first kappa shape index (κ1) is 15.9. The average Bonchev–Trinajstić information content (AvgIpc) is 3.16. The molecule has 4 aromatic rings. The molecular weight excluding hydrogens is 330 g/mol. The topological polar surface area (TPSA) is 31.2 Å². The largest absolute Gasteiger partial charge is 0.491 e. The summed E-state index contributed by atoms with van der Waals surface area (Å²) in [6, 6.07) is 14.0. The number of fused-ring (bicyclic) bond motifs is 3. The van der Waals surface area contributed by atoms with Crippen molar-refractivity contribution in [3.63, 3.8) is 0 Å². The Balaban J connectivity index is 2.15. The third-order valence-corrected chi connectivity index (χ3v) is 5.29. The normalized spacial score (nSPS) is 11.3. The van der Waals surface area contributed by atoms with Gasteiger partial charge in [0.05, 0.1) is 23.1 Å². The number of hydrogen-bond acceptors (Lipinski definition) is 3. The summed E-state index contributed by atoms with van der Waals surface area (Å²) in [5, 5.41) is 4.73. The Morgan fingerprint density at radius 2 is 2.00 bits per heavy atom. The van der Waals surface area contributed by atoms with Crippen LogP contribution in [-0.4, -0.2) is 11.2 Å². The van der Waals surface area contributed by atoms with E-state index < -0.39 is 0 Å². The van der Waals surface area contributed by atoms with E-state index in [1.165, 1.54) is 0 Å². The first-order valence-electron chi connectivity index (χ1n) is 8.42. The van der Waals surface area contributed by atoms with Crippen LogP contribution >= 0.6 is 11.3 Å². The Kier molecular flexibility index (Phi) is 4.06. The van der Waals surface area contributed by atoms with E-state index in [2.05, 4.69) is 6.92 Å². The number of hydrogen-bond donors (Lipinski definition) is 0. The Morgan fingerprint density at radius 1 is 1.16 bits per heavy atom. The molecular formula is C21H19NO2S. The van der Waals surface area contributed by atoms with Crippen molar-refractivity contribution in [1.82, 2.24) is 4.57 Å². The minimum atomic E-state index is 0.0636. The van der Waals surface area contributed by atoms with E-state index in [1.54, 1.807) is 11.3 Å². The lowest BCUT2D eigenvalue weighted by atomic mass is 10.0. The maximum absolute atomic E-state index is 13.4. The second kappa shape index (κ2) is 6.37. The summed E-state index contributed by atoms with van der Waals surface area (Å²) in [6.07, 6.45) is 2.85. The van der Waals surface area contributed by atoms with Crippen molar-refractivity contribution in [2.75, 3.05) is 6.61 Å². The van der Waals surface area contributed by atoms with Crippen LogP contribution in [0.3, 0.4) is 0 Å². The second-order valence-corrected chi connectivity index (χ2v) is 7.08. The van der Waals surface area contributed by atoms with Gasteiger partial charge in [-0.25, -0.2) is 0 Å².